The zero-order chi connectivity index (χ0) is 14.0. The molecule has 0 saturated heterocycles. The summed E-state index contributed by atoms with van der Waals surface area (Å²) < 4.78 is 1.23. The zero-order valence-corrected chi connectivity index (χ0v) is 12.7. The second-order valence-electron chi connectivity index (χ2n) is 3.78. The van der Waals surface area contributed by atoms with Crippen molar-refractivity contribution in [3.05, 3.63) is 22.8 Å². The van der Waals surface area contributed by atoms with E-state index in [4.69, 9.17) is 0 Å². The smallest absolute Gasteiger partial charge is 0.243 e. The molecule has 2 heterocycles. The van der Waals surface area contributed by atoms with Crippen molar-refractivity contribution in [2.75, 3.05) is 10.6 Å². The maximum atomic E-state index is 11.6. The number of nitrogens with zero attached hydrogens (tertiary/aromatic N) is 3. The molecule has 0 spiro atoms. The Hall–Kier alpha value is -1.54. The van der Waals surface area contributed by atoms with E-state index < -0.39 is 0 Å². The average molecular weight is 343 g/mol. The summed E-state index contributed by atoms with van der Waals surface area (Å²) in [5, 5.41) is 7.86. The molecule has 0 fully saturated rings. The predicted molar refractivity (Wildman–Crippen MR) is 76.8 cm³/mol. The minimum Gasteiger partial charge on any atom is -0.315 e. The van der Waals surface area contributed by atoms with E-state index in [1.807, 2.05) is 0 Å². The maximum Gasteiger partial charge on any atom is 0.243 e. The van der Waals surface area contributed by atoms with Crippen LogP contribution >= 0.6 is 27.3 Å². The molecule has 0 bridgehead atoms. The van der Waals surface area contributed by atoms with Gasteiger partial charge in [0, 0.05) is 19.2 Å². The van der Waals surface area contributed by atoms with Crippen molar-refractivity contribution in [2.24, 2.45) is 0 Å². The molecule has 19 heavy (non-hydrogen) atoms. The predicted octanol–water partition coefficient (Wildman–Crippen LogP) is 2.63. The fourth-order valence-electron chi connectivity index (χ4n) is 1.44. The van der Waals surface area contributed by atoms with Crippen LogP contribution in [0.1, 0.15) is 27.1 Å². The highest BCUT2D eigenvalue weighted by atomic mass is 79.9. The lowest BCUT2D eigenvalue weighted by Crippen LogP contribution is -2.06. The summed E-state index contributed by atoms with van der Waals surface area (Å²) in [6.45, 7) is 3.21. The van der Waals surface area contributed by atoms with Gasteiger partial charge in [0.2, 0.25) is 5.91 Å². The minimum atomic E-state index is -0.168. The molecular formula is C11H11BrN4O2S. The van der Waals surface area contributed by atoms with Gasteiger partial charge in [-0.05, 0) is 6.92 Å². The van der Waals surface area contributed by atoms with Gasteiger partial charge in [-0.25, -0.2) is 9.67 Å². The molecule has 6 nitrogen and oxygen atoms in total. The zero-order valence-electron chi connectivity index (χ0n) is 10.3. The van der Waals surface area contributed by atoms with Crippen LogP contribution in [-0.2, 0) is 0 Å². The van der Waals surface area contributed by atoms with Gasteiger partial charge in [-0.1, -0.05) is 27.3 Å². The standard InChI is InChI=1S/C11H11BrN4O2S/c1-6-10(8(18)5-12)19-11(13-6)14-9-3-4-16(15-9)7(2)17/h3-4H,5H2,1-2H3,(H,13,14,15). The van der Waals surface area contributed by atoms with Gasteiger partial charge in [0.25, 0.3) is 0 Å². The van der Waals surface area contributed by atoms with Crippen molar-refractivity contribution in [1.29, 1.82) is 0 Å². The molecule has 2 aromatic rings. The van der Waals surface area contributed by atoms with Crippen LogP contribution in [0.2, 0.25) is 0 Å². The molecule has 0 radical (unpaired) electrons. The Bertz CT molecular complexity index is 634. The van der Waals surface area contributed by atoms with Gasteiger partial charge < -0.3 is 5.32 Å². The Morgan fingerprint density at radius 2 is 2.26 bits per heavy atom. The summed E-state index contributed by atoms with van der Waals surface area (Å²) >= 11 is 4.41. The summed E-state index contributed by atoms with van der Waals surface area (Å²) in [4.78, 5) is 27.6. The molecule has 8 heteroatoms. The summed E-state index contributed by atoms with van der Waals surface area (Å²) in [6, 6.07) is 1.67. The van der Waals surface area contributed by atoms with E-state index in [9.17, 15) is 9.59 Å². The lowest BCUT2D eigenvalue weighted by molar-refractivity contribution is 0.0921. The molecule has 0 aromatic carbocycles. The van der Waals surface area contributed by atoms with Crippen LogP contribution in [0.4, 0.5) is 10.9 Å². The molecule has 2 aromatic heterocycles. The molecule has 2 rings (SSSR count). The number of carbonyl (C=O) groups excluding carboxylic acids is 2. The van der Waals surface area contributed by atoms with Crippen LogP contribution in [0.25, 0.3) is 0 Å². The van der Waals surface area contributed by atoms with Gasteiger partial charge in [-0.3, -0.25) is 9.59 Å². The van der Waals surface area contributed by atoms with Crippen LogP contribution in [0.5, 0.6) is 0 Å². The Kier molecular flexibility index (Phi) is 4.11. The Balaban J connectivity index is 2.19. The van der Waals surface area contributed by atoms with Crippen LogP contribution in [0.3, 0.4) is 0 Å². The first-order valence-electron chi connectivity index (χ1n) is 5.41. The largest absolute Gasteiger partial charge is 0.315 e. The number of thiazole rings is 1. The van der Waals surface area contributed by atoms with Crippen molar-refractivity contribution >= 4 is 49.9 Å². The van der Waals surface area contributed by atoms with Crippen LogP contribution in [0, 0.1) is 6.92 Å². The first-order valence-corrected chi connectivity index (χ1v) is 7.35. The number of halogens is 1. The van der Waals surface area contributed by atoms with E-state index in [-0.39, 0.29) is 17.0 Å². The van der Waals surface area contributed by atoms with Crippen molar-refractivity contribution in [2.45, 2.75) is 13.8 Å². The Morgan fingerprint density at radius 3 is 2.84 bits per heavy atom. The highest BCUT2D eigenvalue weighted by Gasteiger charge is 2.14. The molecule has 0 aliphatic rings. The quantitative estimate of drug-likeness (QED) is 0.682. The van der Waals surface area contributed by atoms with E-state index in [0.29, 0.717) is 21.5 Å². The second-order valence-corrected chi connectivity index (χ2v) is 5.34. The van der Waals surface area contributed by atoms with Crippen molar-refractivity contribution in [3.63, 3.8) is 0 Å². The molecule has 0 aliphatic heterocycles. The van der Waals surface area contributed by atoms with Gasteiger partial charge in [0.05, 0.1) is 15.9 Å². The number of aromatic nitrogens is 3. The number of aryl methyl sites for hydroxylation is 1. The third kappa shape index (κ3) is 3.07. The fourth-order valence-corrected chi connectivity index (χ4v) is 2.82. The van der Waals surface area contributed by atoms with Gasteiger partial charge in [0.15, 0.2) is 16.7 Å². The molecule has 0 aliphatic carbocycles. The lowest BCUT2D eigenvalue weighted by atomic mass is 10.3. The number of ketones is 1. The third-order valence-electron chi connectivity index (χ3n) is 2.32. The van der Waals surface area contributed by atoms with Gasteiger partial charge in [-0.15, -0.1) is 5.10 Å². The van der Waals surface area contributed by atoms with E-state index in [2.05, 4.69) is 31.3 Å². The van der Waals surface area contributed by atoms with E-state index in [1.165, 1.54) is 22.9 Å². The average Bonchev–Trinajstić information content (AvgIpc) is 2.96. The Labute approximate surface area is 122 Å². The van der Waals surface area contributed by atoms with Crippen LogP contribution in [-0.4, -0.2) is 31.8 Å². The fraction of sp³-hybridized carbons (Fsp3) is 0.273. The highest BCUT2D eigenvalue weighted by molar-refractivity contribution is 9.09. The number of nitrogens with one attached hydrogen (secondary N) is 1. The first kappa shape index (κ1) is 13.9. The number of hydrogen-bond acceptors (Lipinski definition) is 6. The SMILES string of the molecule is CC(=O)n1ccc(Nc2nc(C)c(C(=O)CBr)s2)n1. The monoisotopic (exact) mass is 342 g/mol. The molecule has 0 unspecified atom stereocenters. The van der Waals surface area contributed by atoms with Gasteiger partial charge in [-0.2, -0.15) is 0 Å². The first-order chi connectivity index (χ1) is 9.01. The van der Waals surface area contributed by atoms with Crippen LogP contribution < -0.4 is 5.32 Å². The second kappa shape index (κ2) is 5.62. The van der Waals surface area contributed by atoms with E-state index in [0.717, 1.165) is 0 Å². The third-order valence-corrected chi connectivity index (χ3v) is 3.94. The summed E-state index contributed by atoms with van der Waals surface area (Å²) in [6.07, 6.45) is 1.57. The van der Waals surface area contributed by atoms with E-state index >= 15 is 0 Å². The van der Waals surface area contributed by atoms with E-state index in [1.54, 1.807) is 19.2 Å². The lowest BCUT2D eigenvalue weighted by Gasteiger charge is -1.96. The molecule has 0 amide bonds. The highest BCUT2D eigenvalue weighted by Crippen LogP contribution is 2.25. The molecule has 100 valence electrons. The van der Waals surface area contributed by atoms with Crippen molar-refractivity contribution in [1.82, 2.24) is 14.8 Å². The molecule has 1 N–H and O–H groups in total. The van der Waals surface area contributed by atoms with Crippen molar-refractivity contribution in [3.8, 4) is 0 Å². The van der Waals surface area contributed by atoms with Gasteiger partial charge >= 0.3 is 0 Å². The van der Waals surface area contributed by atoms with Gasteiger partial charge in [0.1, 0.15) is 0 Å². The summed E-state index contributed by atoms with van der Waals surface area (Å²) in [7, 11) is 0. The number of Topliss-reactive ketones (excluding diaryl/α,β-unsaturated/α-hetero) is 1. The number of alkyl halides is 1. The van der Waals surface area contributed by atoms with Crippen LogP contribution in [0.15, 0.2) is 12.3 Å². The summed E-state index contributed by atoms with van der Waals surface area (Å²) in [5.41, 5.74) is 0.683. The number of rotatable bonds is 4. The number of hydrogen-bond donors (Lipinski definition) is 1. The Morgan fingerprint density at radius 1 is 1.53 bits per heavy atom. The van der Waals surface area contributed by atoms with Crippen molar-refractivity contribution < 1.29 is 9.59 Å². The minimum absolute atomic E-state index is 0.00249. The number of anilines is 2. The normalized spacial score (nSPS) is 10.5. The maximum absolute atomic E-state index is 11.6. The molecular weight excluding hydrogens is 332 g/mol. The topological polar surface area (TPSA) is 76.9 Å². The molecule has 0 atom stereocenters. The number of carbonyl (C=O) groups is 2. The molecule has 0 saturated carbocycles. The summed E-state index contributed by atoms with van der Waals surface area (Å²) in [5.74, 6) is 0.345.